The molecule has 34 heavy (non-hydrogen) atoms. The summed E-state index contributed by atoms with van der Waals surface area (Å²) >= 11 is 0. The third kappa shape index (κ3) is 4.58. The van der Waals surface area contributed by atoms with Gasteiger partial charge in [-0.2, -0.15) is 6.07 Å². The zero-order valence-electron chi connectivity index (χ0n) is 20.6. The van der Waals surface area contributed by atoms with Crippen LogP contribution in [-0.4, -0.2) is 14.3 Å². The molecule has 0 saturated heterocycles. The molecule has 0 aromatic heterocycles. The Morgan fingerprint density at radius 1 is 0.912 bits per heavy atom. The third-order valence-corrected chi connectivity index (χ3v) is 10.8. The van der Waals surface area contributed by atoms with Crippen LogP contribution in [0.15, 0.2) is 92.9 Å². The number of halogens is 2. The second-order valence-electron chi connectivity index (χ2n) is 9.85. The monoisotopic (exact) mass is 580 g/mol. The van der Waals surface area contributed by atoms with Crippen molar-refractivity contribution < 1.29 is 51.0 Å². The zero-order valence-corrected chi connectivity index (χ0v) is 25.6. The van der Waals surface area contributed by atoms with Gasteiger partial charge in [-0.1, -0.05) is 74.0 Å². The molecule has 5 heteroatoms. The summed E-state index contributed by atoms with van der Waals surface area (Å²) in [6.07, 6.45) is 4.06. The van der Waals surface area contributed by atoms with Gasteiger partial charge in [-0.05, 0) is 35.7 Å². The Balaban J connectivity index is 0.000000238. The minimum Gasteiger partial charge on any atom is -1.00 e. The Morgan fingerprint density at radius 2 is 1.59 bits per heavy atom. The van der Waals surface area contributed by atoms with Crippen LogP contribution < -0.4 is 24.8 Å². The van der Waals surface area contributed by atoms with E-state index in [2.05, 4.69) is 100 Å². The van der Waals surface area contributed by atoms with E-state index in [4.69, 9.17) is 0 Å². The van der Waals surface area contributed by atoms with Gasteiger partial charge in [0.1, 0.15) is 8.07 Å². The van der Waals surface area contributed by atoms with Gasteiger partial charge in [0.15, 0.2) is 0 Å². The number of allylic oxidation sites excluding steroid dienone is 5. The van der Waals surface area contributed by atoms with Gasteiger partial charge < -0.3 is 24.8 Å². The molecular formula is C29H30Cl2NSiZr. The van der Waals surface area contributed by atoms with Gasteiger partial charge in [0.25, 0.3) is 0 Å². The Hall–Kier alpha value is -1.38. The van der Waals surface area contributed by atoms with Crippen molar-refractivity contribution in [3.63, 3.8) is 0 Å². The number of benzene rings is 2. The summed E-state index contributed by atoms with van der Waals surface area (Å²) < 4.78 is 0. The van der Waals surface area contributed by atoms with Gasteiger partial charge in [-0.15, -0.1) is 34.5 Å². The van der Waals surface area contributed by atoms with Crippen molar-refractivity contribution in [2.75, 3.05) is 0 Å². The molecule has 0 spiro atoms. The summed E-state index contributed by atoms with van der Waals surface area (Å²) in [5.74, 6) is 0.582. The van der Waals surface area contributed by atoms with Crippen LogP contribution in [0.3, 0.4) is 0 Å². The minimum absolute atomic E-state index is 0. The molecule has 0 N–H and O–H groups in total. The summed E-state index contributed by atoms with van der Waals surface area (Å²) in [6.45, 7) is 13.8. The standard InChI is InChI=1S/C19H19.C10H11NSi.2ClH.Zr/c1-13(2)17-11-16-5-4-6-18(19(16)12-17)15-9-7-14(3)8-10-15;1-6-9-7-4-11-5-8(7)10(6)12(9,2)3;;;/h4-13H,1-3H3;4-5H,1-3H3;2*1H;/q-1;;;;+3/p-2. The summed E-state index contributed by atoms with van der Waals surface area (Å²) in [6, 6.07) is 20.0. The van der Waals surface area contributed by atoms with Gasteiger partial charge in [-0.3, -0.25) is 4.99 Å². The average Bonchev–Trinajstić information content (AvgIpc) is 3.45. The molecule has 7 rings (SSSR count). The van der Waals surface area contributed by atoms with Gasteiger partial charge in [0.05, 0.1) is 0 Å². The number of fused-ring (bicyclic) bond motifs is 1. The fourth-order valence-corrected chi connectivity index (χ4v) is 9.43. The first-order chi connectivity index (χ1) is 14.8. The number of aliphatic imine (C=N–C) groups is 1. The molecule has 3 aliphatic heterocycles. The predicted octanol–water partition coefficient (Wildman–Crippen LogP) is 2.04. The van der Waals surface area contributed by atoms with Crippen molar-refractivity contribution in [2.24, 2.45) is 4.99 Å². The molecule has 3 aromatic rings. The van der Waals surface area contributed by atoms with Crippen LogP contribution in [0.4, 0.5) is 0 Å². The van der Waals surface area contributed by atoms with Crippen molar-refractivity contribution in [3.05, 3.63) is 99.0 Å². The first-order valence-electron chi connectivity index (χ1n) is 11.3. The number of aryl methyl sites for hydroxylation is 1. The number of hydrogen-bond acceptors (Lipinski definition) is 1. The number of rotatable bonds is 2. The molecule has 1 aliphatic carbocycles. The quantitative estimate of drug-likeness (QED) is 0.324. The fraction of sp³-hybridized carbons (Fsp3) is 0.241. The van der Waals surface area contributed by atoms with Crippen LogP contribution in [0.2, 0.25) is 13.1 Å². The zero-order chi connectivity index (χ0) is 21.9. The SMILES string of the molecule is CC1=C2C3=CN=CC3=C1[Si]2(C)C.Cc1ccc(-c2cccc3[cH-]c(C(C)C)cc23)cc1.[Cl-].[Cl-].[Zr+3]. The van der Waals surface area contributed by atoms with E-state index in [-0.39, 0.29) is 51.0 Å². The van der Waals surface area contributed by atoms with Crippen LogP contribution >= 0.6 is 0 Å². The molecule has 3 heterocycles. The molecule has 173 valence electrons. The molecular weight excluding hydrogens is 553 g/mol. The maximum atomic E-state index is 4.19. The summed E-state index contributed by atoms with van der Waals surface area (Å²) in [5, 5.41) is 6.03. The van der Waals surface area contributed by atoms with E-state index in [1.54, 1.807) is 16.0 Å². The van der Waals surface area contributed by atoms with E-state index in [1.165, 1.54) is 44.2 Å². The Labute approximate surface area is 236 Å². The van der Waals surface area contributed by atoms with E-state index in [1.807, 2.05) is 12.4 Å². The summed E-state index contributed by atoms with van der Waals surface area (Å²) in [4.78, 5) is 4.19. The van der Waals surface area contributed by atoms with Gasteiger partial charge in [-0.25, -0.2) is 0 Å². The molecule has 0 saturated carbocycles. The van der Waals surface area contributed by atoms with E-state index in [0.29, 0.717) is 5.92 Å². The molecule has 1 nitrogen and oxygen atoms in total. The van der Waals surface area contributed by atoms with Gasteiger partial charge in [0.2, 0.25) is 0 Å². The summed E-state index contributed by atoms with van der Waals surface area (Å²) in [5.41, 5.74) is 9.81. The predicted molar refractivity (Wildman–Crippen MR) is 138 cm³/mol. The van der Waals surface area contributed by atoms with Crippen LogP contribution in [0.25, 0.3) is 21.9 Å². The first-order valence-corrected chi connectivity index (χ1v) is 14.3. The molecule has 0 atom stereocenters. The van der Waals surface area contributed by atoms with Crippen molar-refractivity contribution >= 4 is 25.1 Å². The van der Waals surface area contributed by atoms with Crippen LogP contribution in [0.1, 0.15) is 37.8 Å². The van der Waals surface area contributed by atoms with Gasteiger partial charge >= 0.3 is 26.2 Å². The van der Waals surface area contributed by atoms with Gasteiger partial charge in [0, 0.05) is 23.6 Å². The molecule has 0 unspecified atom stereocenters. The molecule has 2 bridgehead atoms. The average molecular weight is 583 g/mol. The largest absolute Gasteiger partial charge is 3.00 e. The Bertz CT molecular complexity index is 1340. The fourth-order valence-electron chi connectivity index (χ4n) is 5.50. The number of nitrogens with zero attached hydrogens (tertiary/aromatic N) is 1. The second kappa shape index (κ2) is 10.7. The van der Waals surface area contributed by atoms with Crippen molar-refractivity contribution in [1.82, 2.24) is 0 Å². The topological polar surface area (TPSA) is 12.4 Å². The van der Waals surface area contributed by atoms with E-state index in [0.717, 1.165) is 0 Å². The van der Waals surface area contributed by atoms with E-state index < -0.39 is 8.07 Å². The van der Waals surface area contributed by atoms with Crippen LogP contribution in [0.5, 0.6) is 0 Å². The maximum absolute atomic E-state index is 4.19. The van der Waals surface area contributed by atoms with E-state index in [9.17, 15) is 0 Å². The molecule has 3 aromatic carbocycles. The molecule has 0 fully saturated rings. The van der Waals surface area contributed by atoms with Crippen molar-refractivity contribution in [2.45, 2.75) is 46.7 Å². The Kier molecular flexibility index (Phi) is 9.09. The number of hydrogen-bond donors (Lipinski definition) is 0. The van der Waals surface area contributed by atoms with E-state index >= 15 is 0 Å². The first kappa shape index (κ1) is 28.9. The molecule has 0 amide bonds. The second-order valence-corrected chi connectivity index (χ2v) is 14.1. The van der Waals surface area contributed by atoms with Crippen LogP contribution in [-0.2, 0) is 26.2 Å². The van der Waals surface area contributed by atoms with Crippen molar-refractivity contribution in [3.8, 4) is 11.1 Å². The minimum atomic E-state index is -1.11. The Morgan fingerprint density at radius 3 is 2.18 bits per heavy atom. The van der Waals surface area contributed by atoms with Crippen molar-refractivity contribution in [1.29, 1.82) is 0 Å². The summed E-state index contributed by atoms with van der Waals surface area (Å²) in [7, 11) is -1.11. The smallest absolute Gasteiger partial charge is 1.00 e. The molecule has 4 aliphatic rings. The third-order valence-electron chi connectivity index (χ3n) is 7.04. The molecule has 1 radical (unpaired) electrons. The normalized spacial score (nSPS) is 16.1. The maximum Gasteiger partial charge on any atom is 3.00 e. The van der Waals surface area contributed by atoms with Crippen LogP contribution in [0, 0.1) is 6.92 Å².